The summed E-state index contributed by atoms with van der Waals surface area (Å²) in [6.07, 6.45) is 0. The van der Waals surface area contributed by atoms with Gasteiger partial charge in [0.15, 0.2) is 0 Å². The maximum atomic E-state index is 6.00. The van der Waals surface area contributed by atoms with Crippen molar-refractivity contribution in [3.63, 3.8) is 0 Å². The fourth-order valence-corrected chi connectivity index (χ4v) is 3.75. The smallest absolute Gasteiger partial charge is 0.305 e. The average molecular weight is 269 g/mol. The molecule has 0 fully saturated rings. The van der Waals surface area contributed by atoms with Crippen LogP contribution in [0, 0.1) is 0 Å². The summed E-state index contributed by atoms with van der Waals surface area (Å²) in [6, 6.07) is 5.02. The fraction of sp³-hybridized carbons (Fsp3) is 0.333. The van der Waals surface area contributed by atoms with E-state index in [1.54, 1.807) is 0 Å². The molecule has 0 saturated heterocycles. The van der Waals surface area contributed by atoms with Crippen molar-refractivity contribution in [1.29, 1.82) is 0 Å². The summed E-state index contributed by atoms with van der Waals surface area (Å²) in [4.78, 5) is 2.06. The van der Waals surface area contributed by atoms with Crippen LogP contribution in [0.5, 0.6) is 0 Å². The van der Waals surface area contributed by atoms with Crippen LogP contribution >= 0.6 is 33.2 Å². The van der Waals surface area contributed by atoms with Gasteiger partial charge in [-0.05, 0) is 24.8 Å². The topological polar surface area (TPSA) is 3.24 Å². The van der Waals surface area contributed by atoms with Crippen LogP contribution in [0.4, 0.5) is 0 Å². The van der Waals surface area contributed by atoms with Crippen molar-refractivity contribution >= 4 is 44.4 Å². The van der Waals surface area contributed by atoms with Gasteiger partial charge in [0, 0.05) is 6.54 Å². The van der Waals surface area contributed by atoms with Crippen LogP contribution in [0.15, 0.2) is 24.3 Å². The van der Waals surface area contributed by atoms with Gasteiger partial charge in [0.25, 0.3) is 0 Å². The number of nitrogens with zero attached hydrogens (tertiary/aromatic N) is 1. The molecule has 0 radical (unpaired) electrons. The van der Waals surface area contributed by atoms with E-state index in [9.17, 15) is 0 Å². The Morgan fingerprint density at radius 2 is 1.71 bits per heavy atom. The maximum Gasteiger partial charge on any atom is 0.373 e. The molecule has 0 bridgehead atoms. The monoisotopic (exact) mass is 267 g/mol. The summed E-state index contributed by atoms with van der Waals surface area (Å²) in [5, 5.41) is 0.888. The molecule has 0 saturated carbocycles. The first-order valence-electron chi connectivity index (χ1n) is 4.21. The Bertz CT molecular complexity index is 309. The van der Waals surface area contributed by atoms with E-state index in [0.29, 0.717) is 0 Å². The quantitative estimate of drug-likeness (QED) is 0.602. The van der Waals surface area contributed by atoms with Crippen molar-refractivity contribution in [3.05, 3.63) is 29.8 Å². The molecule has 0 aliphatic heterocycles. The summed E-state index contributed by atoms with van der Waals surface area (Å²) in [7, 11) is 3.99. The lowest BCUT2D eigenvalue weighted by molar-refractivity contribution is 0.403. The molecular formula is C9H12Cl3NSi. The van der Waals surface area contributed by atoms with Gasteiger partial charge >= 0.3 is 6.00 Å². The van der Waals surface area contributed by atoms with E-state index in [0.717, 1.165) is 17.3 Å². The second-order valence-corrected chi connectivity index (χ2v) is 11.8. The van der Waals surface area contributed by atoms with Gasteiger partial charge in [0.1, 0.15) is 0 Å². The first kappa shape index (κ1) is 12.3. The van der Waals surface area contributed by atoms with Gasteiger partial charge < -0.3 is 4.90 Å². The Hall–Kier alpha value is 0.267. The van der Waals surface area contributed by atoms with Crippen LogP contribution in [-0.2, 0) is 6.54 Å². The van der Waals surface area contributed by atoms with Gasteiger partial charge in [-0.3, -0.25) is 0 Å². The zero-order valence-corrected chi connectivity index (χ0v) is 11.4. The molecular weight excluding hydrogens is 257 g/mol. The van der Waals surface area contributed by atoms with Crippen molar-refractivity contribution in [2.24, 2.45) is 0 Å². The number of rotatable bonds is 3. The Kier molecular flexibility index (Phi) is 4.28. The van der Waals surface area contributed by atoms with Gasteiger partial charge in [-0.1, -0.05) is 24.3 Å². The average Bonchev–Trinajstić information content (AvgIpc) is 2.01. The molecule has 0 aliphatic rings. The minimum absolute atomic E-state index is 0.803. The van der Waals surface area contributed by atoms with E-state index in [-0.39, 0.29) is 0 Å². The highest BCUT2D eigenvalue weighted by atomic mass is 35.8. The molecule has 0 atom stereocenters. The number of benzene rings is 1. The Labute approximate surface area is 99.7 Å². The Morgan fingerprint density at radius 1 is 1.14 bits per heavy atom. The van der Waals surface area contributed by atoms with E-state index >= 15 is 0 Å². The number of hydrogen-bond donors (Lipinski definition) is 0. The van der Waals surface area contributed by atoms with E-state index in [4.69, 9.17) is 33.2 Å². The van der Waals surface area contributed by atoms with Gasteiger partial charge in [0.2, 0.25) is 0 Å². The van der Waals surface area contributed by atoms with Gasteiger partial charge in [-0.25, -0.2) is 0 Å². The molecule has 0 aromatic heterocycles. The predicted molar refractivity (Wildman–Crippen MR) is 66.8 cm³/mol. The zero-order valence-electron chi connectivity index (χ0n) is 8.10. The molecule has 1 rings (SSSR count). The first-order valence-corrected chi connectivity index (χ1v) is 9.24. The zero-order chi connectivity index (χ0) is 10.8. The van der Waals surface area contributed by atoms with Crippen LogP contribution in [0.1, 0.15) is 5.56 Å². The molecule has 78 valence electrons. The van der Waals surface area contributed by atoms with Crippen LogP contribution in [0.2, 0.25) is 0 Å². The molecule has 0 spiro atoms. The third-order valence-corrected chi connectivity index (χ3v) is 4.74. The molecule has 5 heteroatoms. The van der Waals surface area contributed by atoms with E-state index in [1.165, 1.54) is 0 Å². The Morgan fingerprint density at radius 3 is 2.21 bits per heavy atom. The predicted octanol–water partition coefficient (Wildman–Crippen LogP) is 2.61. The van der Waals surface area contributed by atoms with Crippen molar-refractivity contribution in [3.8, 4) is 0 Å². The van der Waals surface area contributed by atoms with Crippen molar-refractivity contribution in [2.45, 2.75) is 6.54 Å². The molecule has 0 unspecified atom stereocenters. The minimum Gasteiger partial charge on any atom is -0.305 e. The second-order valence-electron chi connectivity index (χ2n) is 3.39. The third-order valence-electron chi connectivity index (χ3n) is 1.81. The molecule has 1 aromatic rings. The number of halogens is 3. The fourth-order valence-electron chi connectivity index (χ4n) is 1.28. The molecule has 14 heavy (non-hydrogen) atoms. The highest BCUT2D eigenvalue weighted by molar-refractivity contribution is 7.69. The maximum absolute atomic E-state index is 6.00. The van der Waals surface area contributed by atoms with Crippen LogP contribution in [-0.4, -0.2) is 25.0 Å². The summed E-state index contributed by atoms with van der Waals surface area (Å²) in [5.74, 6) is 0. The molecule has 1 aromatic carbocycles. The van der Waals surface area contributed by atoms with Gasteiger partial charge in [-0.2, -0.15) is 0 Å². The molecule has 0 heterocycles. The van der Waals surface area contributed by atoms with Crippen molar-refractivity contribution in [2.75, 3.05) is 14.1 Å². The summed E-state index contributed by atoms with van der Waals surface area (Å²) in [6.45, 7) is 0.803. The van der Waals surface area contributed by atoms with Crippen LogP contribution in [0.3, 0.4) is 0 Å². The van der Waals surface area contributed by atoms with E-state index < -0.39 is 6.00 Å². The van der Waals surface area contributed by atoms with Gasteiger partial charge in [-0.15, -0.1) is 33.2 Å². The highest BCUT2D eigenvalue weighted by Crippen LogP contribution is 2.21. The Balaban J connectivity index is 3.04. The van der Waals surface area contributed by atoms with Crippen molar-refractivity contribution < 1.29 is 0 Å². The van der Waals surface area contributed by atoms with Crippen molar-refractivity contribution in [1.82, 2.24) is 4.90 Å². The summed E-state index contributed by atoms with van der Waals surface area (Å²) >= 11 is 18.0. The SMILES string of the molecule is CN(C)Cc1ccccc1[Si](Cl)(Cl)Cl. The standard InChI is InChI=1S/C9H12Cl3NSi/c1-13(2)7-8-5-3-4-6-9(8)14(10,11)12/h3-6H,7H2,1-2H3. The lowest BCUT2D eigenvalue weighted by atomic mass is 10.2. The molecule has 0 N–H and O–H groups in total. The molecule has 0 aliphatic carbocycles. The van der Waals surface area contributed by atoms with Crippen LogP contribution in [0.25, 0.3) is 0 Å². The van der Waals surface area contributed by atoms with E-state index in [2.05, 4.69) is 4.90 Å². The van der Waals surface area contributed by atoms with Gasteiger partial charge in [0.05, 0.1) is 0 Å². The molecule has 1 nitrogen and oxygen atoms in total. The largest absolute Gasteiger partial charge is 0.373 e. The first-order chi connectivity index (χ1) is 6.41. The third kappa shape index (κ3) is 3.44. The van der Waals surface area contributed by atoms with E-state index in [1.807, 2.05) is 38.4 Å². The highest BCUT2D eigenvalue weighted by Gasteiger charge is 2.30. The molecule has 0 amide bonds. The second kappa shape index (κ2) is 4.86. The summed E-state index contributed by atoms with van der Waals surface area (Å²) < 4.78 is 0. The summed E-state index contributed by atoms with van der Waals surface area (Å²) in [5.41, 5.74) is 1.10. The number of hydrogen-bond acceptors (Lipinski definition) is 1. The minimum atomic E-state index is -2.75. The van der Waals surface area contributed by atoms with Crippen LogP contribution < -0.4 is 5.19 Å². The lowest BCUT2D eigenvalue weighted by Gasteiger charge is -2.17. The lowest BCUT2D eigenvalue weighted by Crippen LogP contribution is -2.34. The normalized spacial score (nSPS) is 12.1.